The summed E-state index contributed by atoms with van der Waals surface area (Å²) in [5.41, 5.74) is 6.17. The van der Waals surface area contributed by atoms with Crippen molar-refractivity contribution < 1.29 is 13.2 Å². The fraction of sp³-hybridized carbons (Fsp3) is 0.538. The lowest BCUT2D eigenvalue weighted by Gasteiger charge is -2.27. The zero-order chi connectivity index (χ0) is 14.8. The number of hydrogen-bond donors (Lipinski definition) is 2. The predicted octanol–water partition coefficient (Wildman–Crippen LogP) is 1.64. The number of nitrogens with two attached hydrogens (primary N) is 1. The first-order valence-electron chi connectivity index (χ1n) is 6.55. The molecule has 112 valence electrons. The Morgan fingerprint density at radius 2 is 2.25 bits per heavy atom. The van der Waals surface area contributed by atoms with Crippen LogP contribution in [0.3, 0.4) is 0 Å². The monoisotopic (exact) mass is 318 g/mol. The van der Waals surface area contributed by atoms with E-state index in [2.05, 4.69) is 4.72 Å². The summed E-state index contributed by atoms with van der Waals surface area (Å²) in [7, 11) is -3.55. The largest absolute Gasteiger partial charge is 0.378 e. The third-order valence-corrected chi connectivity index (χ3v) is 5.24. The van der Waals surface area contributed by atoms with Crippen LogP contribution >= 0.6 is 11.6 Å². The topological polar surface area (TPSA) is 81.4 Å². The number of sulfonamides is 1. The van der Waals surface area contributed by atoms with Crippen molar-refractivity contribution in [2.45, 2.75) is 43.4 Å². The fourth-order valence-corrected chi connectivity index (χ4v) is 3.80. The molecule has 3 N–H and O–H groups in total. The predicted molar refractivity (Wildman–Crippen MR) is 78.1 cm³/mol. The van der Waals surface area contributed by atoms with E-state index in [0.717, 1.165) is 0 Å². The van der Waals surface area contributed by atoms with Gasteiger partial charge in [0.15, 0.2) is 0 Å². The van der Waals surface area contributed by atoms with Gasteiger partial charge in [-0.05, 0) is 43.5 Å². The minimum absolute atomic E-state index is 0.0706. The maximum absolute atomic E-state index is 12.4. The number of hydrogen-bond acceptors (Lipinski definition) is 4. The van der Waals surface area contributed by atoms with Gasteiger partial charge >= 0.3 is 0 Å². The molecule has 1 aliphatic rings. The quantitative estimate of drug-likeness (QED) is 0.884. The summed E-state index contributed by atoms with van der Waals surface area (Å²) in [4.78, 5) is 0.196. The first kappa shape index (κ1) is 15.7. The summed E-state index contributed by atoms with van der Waals surface area (Å²) in [5, 5.41) is 0.478. The molecule has 2 unspecified atom stereocenters. The molecule has 0 amide bonds. The van der Waals surface area contributed by atoms with Crippen molar-refractivity contribution in [3.63, 3.8) is 0 Å². The van der Waals surface area contributed by atoms with E-state index in [1.807, 2.05) is 6.92 Å². The fourth-order valence-electron chi connectivity index (χ4n) is 2.27. The second-order valence-corrected chi connectivity index (χ2v) is 7.10. The Morgan fingerprint density at radius 1 is 1.50 bits per heavy atom. The number of ether oxygens (including phenoxy) is 1. The van der Waals surface area contributed by atoms with Crippen molar-refractivity contribution in [2.24, 2.45) is 5.73 Å². The van der Waals surface area contributed by atoms with Gasteiger partial charge in [0, 0.05) is 24.2 Å². The van der Waals surface area contributed by atoms with Crippen LogP contribution in [0.4, 0.5) is 0 Å². The Labute approximate surface area is 124 Å². The van der Waals surface area contributed by atoms with Gasteiger partial charge in [-0.3, -0.25) is 0 Å². The molecule has 1 aromatic rings. The van der Waals surface area contributed by atoms with Crippen LogP contribution in [0.2, 0.25) is 5.02 Å². The highest BCUT2D eigenvalue weighted by Gasteiger charge is 2.25. The third-order valence-electron chi connectivity index (χ3n) is 3.35. The average molecular weight is 319 g/mol. The van der Waals surface area contributed by atoms with E-state index in [4.69, 9.17) is 22.1 Å². The van der Waals surface area contributed by atoms with Crippen molar-refractivity contribution in [1.29, 1.82) is 0 Å². The zero-order valence-electron chi connectivity index (χ0n) is 11.3. The lowest BCUT2D eigenvalue weighted by molar-refractivity contribution is 0.0173. The molecule has 0 saturated carbocycles. The molecule has 0 radical (unpaired) electrons. The summed E-state index contributed by atoms with van der Waals surface area (Å²) < 4.78 is 32.8. The van der Waals surface area contributed by atoms with Crippen LogP contribution in [0.5, 0.6) is 0 Å². The van der Waals surface area contributed by atoms with Crippen molar-refractivity contribution in [1.82, 2.24) is 4.72 Å². The van der Waals surface area contributed by atoms with Gasteiger partial charge in [0.25, 0.3) is 0 Å². The Morgan fingerprint density at radius 3 is 2.90 bits per heavy atom. The summed E-state index contributed by atoms with van der Waals surface area (Å²) in [6.07, 6.45) is 1.43. The summed E-state index contributed by atoms with van der Waals surface area (Å²) >= 11 is 5.95. The smallest absolute Gasteiger partial charge is 0.240 e. The molecule has 20 heavy (non-hydrogen) atoms. The van der Waals surface area contributed by atoms with E-state index in [1.54, 1.807) is 6.07 Å². The first-order valence-corrected chi connectivity index (χ1v) is 8.41. The zero-order valence-corrected chi connectivity index (χ0v) is 12.9. The number of benzene rings is 1. The molecule has 0 aliphatic carbocycles. The maximum atomic E-state index is 12.4. The van der Waals surface area contributed by atoms with Gasteiger partial charge in [-0.25, -0.2) is 13.1 Å². The van der Waals surface area contributed by atoms with Crippen LogP contribution in [0.25, 0.3) is 0 Å². The lowest BCUT2D eigenvalue weighted by atomic mass is 10.1. The standard InChI is InChI=1S/C13H19ClN2O3S/c1-9-6-11(4-5-19-9)16-20(17,18)12-2-3-13(14)10(7-12)8-15/h2-3,7,9,11,16H,4-6,8,15H2,1H3. The van der Waals surface area contributed by atoms with Crippen LogP contribution in [-0.4, -0.2) is 27.2 Å². The lowest BCUT2D eigenvalue weighted by Crippen LogP contribution is -2.41. The van der Waals surface area contributed by atoms with Gasteiger partial charge in [-0.2, -0.15) is 0 Å². The first-order chi connectivity index (χ1) is 9.42. The van der Waals surface area contributed by atoms with Gasteiger partial charge in [0.05, 0.1) is 11.0 Å². The van der Waals surface area contributed by atoms with E-state index in [1.165, 1.54) is 12.1 Å². The second kappa shape index (κ2) is 6.41. The normalized spacial score (nSPS) is 23.8. The molecule has 1 heterocycles. The van der Waals surface area contributed by atoms with Crippen LogP contribution in [0, 0.1) is 0 Å². The summed E-state index contributed by atoms with van der Waals surface area (Å²) in [6.45, 7) is 2.72. The molecule has 0 aromatic heterocycles. The van der Waals surface area contributed by atoms with Crippen molar-refractivity contribution in [3.05, 3.63) is 28.8 Å². The second-order valence-electron chi connectivity index (χ2n) is 4.98. The van der Waals surface area contributed by atoms with E-state index >= 15 is 0 Å². The maximum Gasteiger partial charge on any atom is 0.240 e. The van der Waals surface area contributed by atoms with Gasteiger partial charge in [0.2, 0.25) is 10.0 Å². The molecule has 2 atom stereocenters. The third kappa shape index (κ3) is 3.71. The molecular weight excluding hydrogens is 300 g/mol. The van der Waals surface area contributed by atoms with Gasteiger partial charge in [0.1, 0.15) is 0 Å². The highest BCUT2D eigenvalue weighted by atomic mass is 35.5. The van der Waals surface area contributed by atoms with Crippen LogP contribution in [0.15, 0.2) is 23.1 Å². The minimum atomic E-state index is -3.55. The van der Waals surface area contributed by atoms with Gasteiger partial charge in [-0.15, -0.1) is 0 Å². The summed E-state index contributed by atoms with van der Waals surface area (Å²) in [5.74, 6) is 0. The number of nitrogens with one attached hydrogen (secondary N) is 1. The van der Waals surface area contributed by atoms with E-state index in [0.29, 0.717) is 30.0 Å². The van der Waals surface area contributed by atoms with Crippen molar-refractivity contribution in [3.8, 4) is 0 Å². The van der Waals surface area contributed by atoms with Gasteiger partial charge in [-0.1, -0.05) is 11.6 Å². The molecule has 1 aliphatic heterocycles. The van der Waals surface area contributed by atoms with Crippen LogP contribution in [-0.2, 0) is 21.3 Å². The molecule has 2 rings (SSSR count). The molecule has 5 nitrogen and oxygen atoms in total. The molecule has 7 heteroatoms. The highest BCUT2D eigenvalue weighted by molar-refractivity contribution is 7.89. The Bertz CT molecular complexity index is 577. The number of rotatable bonds is 4. The molecule has 0 spiro atoms. The van der Waals surface area contributed by atoms with E-state index in [-0.39, 0.29) is 23.6 Å². The van der Waals surface area contributed by atoms with Gasteiger partial charge < -0.3 is 10.5 Å². The molecule has 1 fully saturated rings. The average Bonchev–Trinajstić information content (AvgIpc) is 2.38. The summed E-state index contributed by atoms with van der Waals surface area (Å²) in [6, 6.07) is 4.48. The molecule has 1 saturated heterocycles. The van der Waals surface area contributed by atoms with Crippen LogP contribution < -0.4 is 10.5 Å². The Hall–Kier alpha value is -0.660. The Balaban J connectivity index is 2.17. The highest BCUT2D eigenvalue weighted by Crippen LogP contribution is 2.21. The SMILES string of the molecule is CC1CC(NS(=O)(=O)c2ccc(Cl)c(CN)c2)CCO1. The van der Waals surface area contributed by atoms with E-state index < -0.39 is 10.0 Å². The minimum Gasteiger partial charge on any atom is -0.378 e. The van der Waals surface area contributed by atoms with Crippen LogP contribution in [0.1, 0.15) is 25.3 Å². The van der Waals surface area contributed by atoms with Crippen molar-refractivity contribution >= 4 is 21.6 Å². The van der Waals surface area contributed by atoms with E-state index in [9.17, 15) is 8.42 Å². The van der Waals surface area contributed by atoms with Crippen molar-refractivity contribution in [2.75, 3.05) is 6.61 Å². The number of halogens is 1. The molecule has 0 bridgehead atoms. The molecule has 1 aromatic carbocycles. The Kier molecular flexibility index (Phi) is 5.04. The molecular formula is C13H19ClN2O3S.